The summed E-state index contributed by atoms with van der Waals surface area (Å²) in [4.78, 5) is 39.1. The number of nitrogens with one attached hydrogen (secondary N) is 1. The zero-order valence-corrected chi connectivity index (χ0v) is 23.8. The molecule has 1 aliphatic heterocycles. The Balaban J connectivity index is 1.46. The number of amides is 3. The Kier molecular flexibility index (Phi) is 8.72. The van der Waals surface area contributed by atoms with Crippen LogP contribution in [0.5, 0.6) is 11.5 Å². The summed E-state index contributed by atoms with van der Waals surface area (Å²) in [5.41, 5.74) is 4.00. The van der Waals surface area contributed by atoms with Crippen LogP contribution in [0.2, 0.25) is 0 Å². The summed E-state index contributed by atoms with van der Waals surface area (Å²) in [7, 11) is 1.49. The van der Waals surface area contributed by atoms with Crippen molar-refractivity contribution >= 4 is 63.2 Å². The van der Waals surface area contributed by atoms with Crippen molar-refractivity contribution in [1.29, 1.82) is 0 Å². The van der Waals surface area contributed by atoms with Crippen LogP contribution in [0.15, 0.2) is 59.5 Å². The third-order valence-electron chi connectivity index (χ3n) is 5.79. The average Bonchev–Trinajstić information content (AvgIpc) is 3.12. The summed E-state index contributed by atoms with van der Waals surface area (Å²) in [5, 5.41) is 2.21. The minimum Gasteiger partial charge on any atom is -0.493 e. The fraction of sp³-hybridized carbons (Fsp3) is 0.179. The van der Waals surface area contributed by atoms with E-state index in [1.807, 2.05) is 26.0 Å². The van der Waals surface area contributed by atoms with Crippen LogP contribution in [0.25, 0.3) is 6.08 Å². The van der Waals surface area contributed by atoms with Crippen LogP contribution in [-0.4, -0.2) is 35.6 Å². The summed E-state index contributed by atoms with van der Waals surface area (Å²) >= 11 is 2.85. The molecule has 38 heavy (non-hydrogen) atoms. The van der Waals surface area contributed by atoms with Gasteiger partial charge in [-0.25, -0.2) is 4.39 Å². The summed E-state index contributed by atoms with van der Waals surface area (Å²) < 4.78 is 25.6. The quantitative estimate of drug-likeness (QED) is 0.228. The highest BCUT2D eigenvalue weighted by molar-refractivity contribution is 14.1. The number of carbonyl (C=O) groups excluding carboxylic acids is 3. The fourth-order valence-corrected chi connectivity index (χ4v) is 5.32. The Morgan fingerprint density at radius 3 is 2.61 bits per heavy atom. The van der Waals surface area contributed by atoms with Crippen LogP contribution < -0.4 is 14.8 Å². The van der Waals surface area contributed by atoms with Gasteiger partial charge >= 0.3 is 0 Å². The lowest BCUT2D eigenvalue weighted by molar-refractivity contribution is -0.127. The smallest absolute Gasteiger partial charge is 0.294 e. The second-order valence-electron chi connectivity index (χ2n) is 8.57. The van der Waals surface area contributed by atoms with Gasteiger partial charge < -0.3 is 14.8 Å². The minimum absolute atomic E-state index is 0.145. The number of rotatable bonds is 8. The van der Waals surface area contributed by atoms with Gasteiger partial charge in [0.2, 0.25) is 5.91 Å². The minimum atomic E-state index is -0.546. The highest BCUT2D eigenvalue weighted by atomic mass is 127. The van der Waals surface area contributed by atoms with E-state index in [4.69, 9.17) is 9.47 Å². The van der Waals surface area contributed by atoms with E-state index in [1.165, 1.54) is 19.2 Å². The predicted molar refractivity (Wildman–Crippen MR) is 154 cm³/mol. The Morgan fingerprint density at radius 1 is 1.11 bits per heavy atom. The second-order valence-corrected chi connectivity index (χ2v) is 10.7. The van der Waals surface area contributed by atoms with Gasteiger partial charge in [0, 0.05) is 5.69 Å². The summed E-state index contributed by atoms with van der Waals surface area (Å²) in [6.07, 6.45) is 1.58. The molecule has 0 aliphatic carbocycles. The molecule has 1 N–H and O–H groups in total. The number of ether oxygens (including phenoxy) is 2. The molecule has 0 bridgehead atoms. The highest BCUT2D eigenvalue weighted by Crippen LogP contribution is 2.37. The van der Waals surface area contributed by atoms with Crippen molar-refractivity contribution in [2.24, 2.45) is 0 Å². The number of anilines is 1. The zero-order valence-electron chi connectivity index (χ0n) is 20.8. The van der Waals surface area contributed by atoms with E-state index >= 15 is 0 Å². The number of carbonyl (C=O) groups is 3. The van der Waals surface area contributed by atoms with Crippen molar-refractivity contribution in [3.05, 3.63) is 91.1 Å². The summed E-state index contributed by atoms with van der Waals surface area (Å²) in [6.45, 7) is 3.67. The third kappa shape index (κ3) is 6.54. The first-order chi connectivity index (χ1) is 18.1. The number of hydrogen-bond donors (Lipinski definition) is 1. The molecule has 1 saturated heterocycles. The van der Waals surface area contributed by atoms with Gasteiger partial charge in [0.15, 0.2) is 11.5 Å². The van der Waals surface area contributed by atoms with E-state index in [0.29, 0.717) is 31.9 Å². The molecule has 196 valence electrons. The first-order valence-electron chi connectivity index (χ1n) is 11.5. The van der Waals surface area contributed by atoms with Crippen molar-refractivity contribution in [3.8, 4) is 11.5 Å². The number of imide groups is 1. The van der Waals surface area contributed by atoms with E-state index in [0.717, 1.165) is 27.8 Å². The van der Waals surface area contributed by atoms with Crippen LogP contribution >= 0.6 is 34.4 Å². The van der Waals surface area contributed by atoms with Gasteiger partial charge in [-0.2, -0.15) is 0 Å². The maximum atomic E-state index is 13.5. The van der Waals surface area contributed by atoms with Crippen molar-refractivity contribution in [1.82, 2.24) is 4.90 Å². The van der Waals surface area contributed by atoms with Crippen molar-refractivity contribution in [2.45, 2.75) is 20.5 Å². The van der Waals surface area contributed by atoms with Gasteiger partial charge in [-0.3, -0.25) is 19.3 Å². The molecular formula is C28H24FIN2O5S. The number of halogens is 2. The van der Waals surface area contributed by atoms with Crippen LogP contribution in [0.1, 0.15) is 22.3 Å². The standard InChI is InChI=1S/C28H24FIN2O5S/c1-16-7-8-21(9-17(16)2)31-25(33)14-32-27(34)24(38-28(32)35)13-19-11-22(30)26(23(12-19)36-3)37-15-18-5-4-6-20(29)10-18/h4-13H,14-15H2,1-3H3,(H,31,33)/b24-13+. The van der Waals surface area contributed by atoms with E-state index in [1.54, 1.807) is 36.4 Å². The van der Waals surface area contributed by atoms with Gasteiger partial charge in [-0.15, -0.1) is 0 Å². The van der Waals surface area contributed by atoms with E-state index in [2.05, 4.69) is 27.9 Å². The topological polar surface area (TPSA) is 84.9 Å². The van der Waals surface area contributed by atoms with Gasteiger partial charge in [-0.05, 0) is 113 Å². The maximum absolute atomic E-state index is 13.5. The second kappa shape index (κ2) is 12.0. The summed E-state index contributed by atoms with van der Waals surface area (Å²) in [5.74, 6) is -0.458. The molecule has 0 unspecified atom stereocenters. The number of nitrogens with zero attached hydrogens (tertiary/aromatic N) is 1. The molecule has 1 fully saturated rings. The Bertz CT molecular complexity index is 1460. The number of benzene rings is 3. The predicted octanol–water partition coefficient (Wildman–Crippen LogP) is 6.31. The molecule has 1 aliphatic rings. The van der Waals surface area contributed by atoms with Gasteiger partial charge in [0.25, 0.3) is 11.1 Å². The van der Waals surface area contributed by atoms with Crippen molar-refractivity contribution in [3.63, 3.8) is 0 Å². The normalized spacial score (nSPS) is 14.2. The molecule has 0 atom stereocenters. The highest BCUT2D eigenvalue weighted by Gasteiger charge is 2.36. The number of thioether (sulfide) groups is 1. The largest absolute Gasteiger partial charge is 0.493 e. The molecule has 0 radical (unpaired) electrons. The Hall–Kier alpha value is -3.38. The average molecular weight is 646 g/mol. The Labute approximate surface area is 237 Å². The number of hydrogen-bond acceptors (Lipinski definition) is 6. The van der Waals surface area contributed by atoms with Gasteiger partial charge in [-0.1, -0.05) is 18.2 Å². The molecule has 4 rings (SSSR count). The third-order valence-corrected chi connectivity index (χ3v) is 7.50. The molecule has 3 aromatic rings. The van der Waals surface area contributed by atoms with Crippen LogP contribution in [0.3, 0.4) is 0 Å². The lowest BCUT2D eigenvalue weighted by Crippen LogP contribution is -2.36. The Morgan fingerprint density at radius 2 is 1.89 bits per heavy atom. The lowest BCUT2D eigenvalue weighted by atomic mass is 10.1. The van der Waals surface area contributed by atoms with E-state index in [9.17, 15) is 18.8 Å². The summed E-state index contributed by atoms with van der Waals surface area (Å²) in [6, 6.07) is 15.1. The first-order valence-corrected chi connectivity index (χ1v) is 13.4. The molecular weight excluding hydrogens is 622 g/mol. The van der Waals surface area contributed by atoms with E-state index < -0.39 is 17.1 Å². The molecule has 0 aromatic heterocycles. The van der Waals surface area contributed by atoms with Crippen molar-refractivity contribution < 1.29 is 28.2 Å². The van der Waals surface area contributed by atoms with Gasteiger partial charge in [0.1, 0.15) is 19.0 Å². The molecule has 3 amide bonds. The van der Waals surface area contributed by atoms with Crippen LogP contribution in [-0.2, 0) is 16.2 Å². The first kappa shape index (κ1) is 27.6. The molecule has 1 heterocycles. The van der Waals surface area contributed by atoms with E-state index in [-0.39, 0.29) is 23.9 Å². The monoisotopic (exact) mass is 646 g/mol. The molecule has 7 nitrogen and oxygen atoms in total. The SMILES string of the molecule is COc1cc(/C=C2/SC(=O)N(CC(=O)Nc3ccc(C)c(C)c3)C2=O)cc(I)c1OCc1cccc(F)c1. The van der Waals surface area contributed by atoms with Gasteiger partial charge in [0.05, 0.1) is 15.6 Å². The number of aryl methyl sites for hydroxylation is 2. The molecule has 0 saturated carbocycles. The maximum Gasteiger partial charge on any atom is 0.294 e. The fourth-order valence-electron chi connectivity index (χ4n) is 3.70. The lowest BCUT2D eigenvalue weighted by Gasteiger charge is -2.14. The number of methoxy groups -OCH3 is 1. The van der Waals surface area contributed by atoms with Crippen LogP contribution in [0.4, 0.5) is 14.9 Å². The van der Waals surface area contributed by atoms with Crippen LogP contribution in [0, 0.1) is 23.2 Å². The molecule has 0 spiro atoms. The zero-order chi connectivity index (χ0) is 27.4. The van der Waals surface area contributed by atoms with Crippen molar-refractivity contribution in [2.75, 3.05) is 19.0 Å². The molecule has 10 heteroatoms. The molecule has 3 aromatic carbocycles.